The molecule has 1 amide bonds. The smallest absolute Gasteiger partial charge is 0.219 e. The standard InChI is InChI=1S/C14H19NO/c1-3-14-13-9-5-4-7-12(13)8-6-10-15(14)11(2)16/h4-5,7,9,14H,3,6,8,10H2,1-2H3. The highest BCUT2D eigenvalue weighted by Gasteiger charge is 2.25. The molecule has 0 saturated heterocycles. The van der Waals surface area contributed by atoms with Crippen molar-refractivity contribution in [2.24, 2.45) is 0 Å². The van der Waals surface area contributed by atoms with Gasteiger partial charge in [0.05, 0.1) is 6.04 Å². The second-order valence-corrected chi connectivity index (χ2v) is 4.44. The summed E-state index contributed by atoms with van der Waals surface area (Å²) in [6, 6.07) is 8.81. The van der Waals surface area contributed by atoms with Gasteiger partial charge in [-0.3, -0.25) is 4.79 Å². The molecule has 1 aliphatic heterocycles. The lowest BCUT2D eigenvalue weighted by Gasteiger charge is -2.29. The summed E-state index contributed by atoms with van der Waals surface area (Å²) < 4.78 is 0. The van der Waals surface area contributed by atoms with Crippen LogP contribution in [-0.4, -0.2) is 17.4 Å². The van der Waals surface area contributed by atoms with Gasteiger partial charge in [0.15, 0.2) is 0 Å². The van der Waals surface area contributed by atoms with E-state index in [1.165, 1.54) is 11.1 Å². The first-order chi connectivity index (χ1) is 7.74. The molecule has 0 saturated carbocycles. The molecule has 1 aromatic rings. The number of hydrogen-bond acceptors (Lipinski definition) is 1. The summed E-state index contributed by atoms with van der Waals surface area (Å²) in [7, 11) is 0. The highest BCUT2D eigenvalue weighted by molar-refractivity contribution is 5.74. The summed E-state index contributed by atoms with van der Waals surface area (Å²) in [6.07, 6.45) is 3.17. The summed E-state index contributed by atoms with van der Waals surface area (Å²) >= 11 is 0. The molecular formula is C14H19NO. The van der Waals surface area contributed by atoms with Crippen molar-refractivity contribution in [1.82, 2.24) is 4.90 Å². The summed E-state index contributed by atoms with van der Waals surface area (Å²) in [4.78, 5) is 13.7. The van der Waals surface area contributed by atoms with Gasteiger partial charge in [0.2, 0.25) is 5.91 Å². The number of nitrogens with zero attached hydrogens (tertiary/aromatic N) is 1. The first kappa shape index (κ1) is 11.2. The van der Waals surface area contributed by atoms with Crippen LogP contribution in [0.1, 0.15) is 43.9 Å². The van der Waals surface area contributed by atoms with E-state index in [9.17, 15) is 4.79 Å². The SMILES string of the molecule is CCC1c2ccccc2CCCN1C(C)=O. The van der Waals surface area contributed by atoms with Crippen molar-refractivity contribution in [2.75, 3.05) is 6.54 Å². The molecule has 1 atom stereocenters. The molecule has 1 aliphatic rings. The van der Waals surface area contributed by atoms with E-state index in [2.05, 4.69) is 31.2 Å². The largest absolute Gasteiger partial charge is 0.336 e. The third-order valence-electron chi connectivity index (χ3n) is 3.43. The molecule has 1 unspecified atom stereocenters. The number of hydrogen-bond donors (Lipinski definition) is 0. The maximum atomic E-state index is 11.7. The summed E-state index contributed by atoms with van der Waals surface area (Å²) in [5, 5.41) is 0. The highest BCUT2D eigenvalue weighted by atomic mass is 16.2. The minimum atomic E-state index is 0.198. The van der Waals surface area contributed by atoms with Crippen LogP contribution < -0.4 is 0 Å². The average molecular weight is 217 g/mol. The van der Waals surface area contributed by atoms with Crippen LogP contribution in [-0.2, 0) is 11.2 Å². The molecule has 0 aromatic heterocycles. The summed E-state index contributed by atoms with van der Waals surface area (Å²) in [5.41, 5.74) is 2.76. The molecule has 86 valence electrons. The Balaban J connectivity index is 2.41. The van der Waals surface area contributed by atoms with Gasteiger partial charge in [0.25, 0.3) is 0 Å². The number of benzene rings is 1. The quantitative estimate of drug-likeness (QED) is 0.708. The normalized spacial score (nSPS) is 20.1. The Morgan fingerprint density at radius 3 is 2.88 bits per heavy atom. The number of carbonyl (C=O) groups is 1. The number of amides is 1. The van der Waals surface area contributed by atoms with Crippen LogP contribution in [0.25, 0.3) is 0 Å². The second-order valence-electron chi connectivity index (χ2n) is 4.44. The molecule has 0 N–H and O–H groups in total. The molecular weight excluding hydrogens is 198 g/mol. The van der Waals surface area contributed by atoms with E-state index in [0.29, 0.717) is 0 Å². The van der Waals surface area contributed by atoms with Gasteiger partial charge in [-0.2, -0.15) is 0 Å². The fraction of sp³-hybridized carbons (Fsp3) is 0.500. The summed E-state index contributed by atoms with van der Waals surface area (Å²) in [6.45, 7) is 4.72. The van der Waals surface area contributed by atoms with E-state index in [1.807, 2.05) is 4.90 Å². The minimum absolute atomic E-state index is 0.198. The third-order valence-corrected chi connectivity index (χ3v) is 3.43. The Bertz CT molecular complexity index is 386. The Kier molecular flexibility index (Phi) is 3.28. The van der Waals surface area contributed by atoms with Gasteiger partial charge in [0.1, 0.15) is 0 Å². The van der Waals surface area contributed by atoms with Gasteiger partial charge in [-0.15, -0.1) is 0 Å². The highest BCUT2D eigenvalue weighted by Crippen LogP contribution is 2.30. The van der Waals surface area contributed by atoms with Crippen LogP contribution in [0.2, 0.25) is 0 Å². The predicted molar refractivity (Wildman–Crippen MR) is 65.2 cm³/mol. The Morgan fingerprint density at radius 1 is 1.44 bits per heavy atom. The van der Waals surface area contributed by atoms with Gasteiger partial charge in [-0.25, -0.2) is 0 Å². The zero-order valence-electron chi connectivity index (χ0n) is 10.1. The van der Waals surface area contributed by atoms with Crippen LogP contribution in [0, 0.1) is 0 Å². The van der Waals surface area contributed by atoms with Crippen LogP contribution in [0.5, 0.6) is 0 Å². The van der Waals surface area contributed by atoms with Crippen LogP contribution in [0.4, 0.5) is 0 Å². The first-order valence-corrected chi connectivity index (χ1v) is 6.09. The number of rotatable bonds is 1. The average Bonchev–Trinajstić information content (AvgIpc) is 2.47. The Hall–Kier alpha value is -1.31. The van der Waals surface area contributed by atoms with E-state index >= 15 is 0 Å². The zero-order valence-corrected chi connectivity index (χ0v) is 10.1. The van der Waals surface area contributed by atoms with Gasteiger partial charge in [-0.05, 0) is 30.4 Å². The maximum Gasteiger partial charge on any atom is 0.219 e. The molecule has 2 nitrogen and oxygen atoms in total. The molecule has 2 rings (SSSR count). The van der Waals surface area contributed by atoms with Gasteiger partial charge in [0, 0.05) is 13.5 Å². The monoisotopic (exact) mass is 217 g/mol. The second kappa shape index (κ2) is 4.69. The molecule has 0 bridgehead atoms. The van der Waals surface area contributed by atoms with E-state index in [4.69, 9.17) is 0 Å². The lowest BCUT2D eigenvalue weighted by atomic mass is 9.97. The third kappa shape index (κ3) is 1.97. The minimum Gasteiger partial charge on any atom is -0.336 e. The van der Waals surface area contributed by atoms with Crippen molar-refractivity contribution >= 4 is 5.91 Å². The predicted octanol–water partition coefficient (Wildman–Crippen LogP) is 2.93. The topological polar surface area (TPSA) is 20.3 Å². The molecule has 2 heteroatoms. The van der Waals surface area contributed by atoms with Crippen molar-refractivity contribution in [3.63, 3.8) is 0 Å². The maximum absolute atomic E-state index is 11.7. The molecule has 0 radical (unpaired) electrons. The fourth-order valence-corrected chi connectivity index (χ4v) is 2.67. The number of carbonyl (C=O) groups excluding carboxylic acids is 1. The van der Waals surface area contributed by atoms with E-state index in [-0.39, 0.29) is 11.9 Å². The van der Waals surface area contributed by atoms with E-state index in [0.717, 1.165) is 25.8 Å². The van der Waals surface area contributed by atoms with Crippen LogP contribution >= 0.6 is 0 Å². The Morgan fingerprint density at radius 2 is 2.19 bits per heavy atom. The van der Waals surface area contributed by atoms with Crippen molar-refractivity contribution in [1.29, 1.82) is 0 Å². The van der Waals surface area contributed by atoms with Crippen LogP contribution in [0.15, 0.2) is 24.3 Å². The molecule has 16 heavy (non-hydrogen) atoms. The number of fused-ring (bicyclic) bond motifs is 1. The number of aryl methyl sites for hydroxylation is 1. The van der Waals surface area contributed by atoms with Gasteiger partial charge >= 0.3 is 0 Å². The van der Waals surface area contributed by atoms with Gasteiger partial charge < -0.3 is 4.90 Å². The molecule has 0 spiro atoms. The van der Waals surface area contributed by atoms with Crippen molar-refractivity contribution < 1.29 is 4.79 Å². The van der Waals surface area contributed by atoms with Gasteiger partial charge in [-0.1, -0.05) is 31.2 Å². The zero-order chi connectivity index (χ0) is 11.5. The van der Waals surface area contributed by atoms with Crippen molar-refractivity contribution in [2.45, 2.75) is 39.2 Å². The molecule has 1 heterocycles. The fourth-order valence-electron chi connectivity index (χ4n) is 2.67. The van der Waals surface area contributed by atoms with E-state index in [1.54, 1.807) is 6.92 Å². The van der Waals surface area contributed by atoms with Crippen molar-refractivity contribution in [3.05, 3.63) is 35.4 Å². The van der Waals surface area contributed by atoms with Crippen molar-refractivity contribution in [3.8, 4) is 0 Å². The molecule has 1 aromatic carbocycles. The first-order valence-electron chi connectivity index (χ1n) is 6.09. The van der Waals surface area contributed by atoms with Crippen LogP contribution in [0.3, 0.4) is 0 Å². The summed E-state index contributed by atoms with van der Waals surface area (Å²) in [5.74, 6) is 0.198. The molecule has 0 fully saturated rings. The Labute approximate surface area is 97.3 Å². The molecule has 0 aliphatic carbocycles. The lowest BCUT2D eigenvalue weighted by molar-refractivity contribution is -0.131. The lowest BCUT2D eigenvalue weighted by Crippen LogP contribution is -2.32. The van der Waals surface area contributed by atoms with E-state index < -0.39 is 0 Å².